The molecule has 6 saturated heterocycles. The second-order valence-electron chi connectivity index (χ2n) is 15.3. The maximum Gasteiger partial charge on any atom is 0.342 e. The van der Waals surface area contributed by atoms with E-state index in [1.54, 1.807) is 27.7 Å². The highest BCUT2D eigenvalue weighted by Crippen LogP contribution is 2.78. The molecule has 2 spiro atoms. The first-order valence-corrected chi connectivity index (χ1v) is 14.9. The Hall–Kier alpha value is -2.58. The standard InChI is InChI=1S/C15H18O7.C15H16O6/c1-12(2,18)6-7-10(16)20-8(6)9-13(3)14(7,19)4-5-15(13,22-5)11(17)21-9;1-5(2)7-8-11(16)19-9(7)10-13(3)14(8,18)4-6-15(13,21-6)12(17)20-10/h5-9,18-19H,4H2,1-3H3;6-10,18H,1,4H2,2-3H3/t5-,6-,7-,8-,9-,13-,14-,15?;6-,7-,8-,9-,10-,13-,14-,15?/m11/s1. The van der Waals surface area contributed by atoms with Gasteiger partial charge in [0.2, 0.25) is 11.2 Å². The molecule has 10 rings (SSSR count). The van der Waals surface area contributed by atoms with Crippen LogP contribution in [-0.4, -0.2) is 104 Å². The Balaban J connectivity index is 0.000000121. The number of rotatable bonds is 2. The Bertz CT molecular complexity index is 1500. The Kier molecular flexibility index (Phi) is 4.24. The number of fused-ring (bicyclic) bond motifs is 8. The fourth-order valence-electron chi connectivity index (χ4n) is 11.4. The lowest BCUT2D eigenvalue weighted by molar-refractivity contribution is -0.223. The molecule has 4 saturated carbocycles. The maximum absolute atomic E-state index is 12.4. The van der Waals surface area contributed by atoms with Gasteiger partial charge in [0.25, 0.3) is 0 Å². The highest BCUT2D eigenvalue weighted by atomic mass is 16.7. The first-order valence-electron chi connectivity index (χ1n) is 14.9. The van der Waals surface area contributed by atoms with Crippen molar-refractivity contribution in [1.82, 2.24) is 0 Å². The summed E-state index contributed by atoms with van der Waals surface area (Å²) in [7, 11) is 0. The van der Waals surface area contributed by atoms with Crippen molar-refractivity contribution in [3.8, 4) is 0 Å². The number of hydrogen-bond acceptors (Lipinski definition) is 13. The molecule has 0 aromatic carbocycles. The lowest BCUT2D eigenvalue weighted by Gasteiger charge is -2.53. The van der Waals surface area contributed by atoms with E-state index in [1.807, 2.05) is 6.92 Å². The van der Waals surface area contributed by atoms with Gasteiger partial charge in [0, 0.05) is 24.7 Å². The van der Waals surface area contributed by atoms with Crippen LogP contribution in [0, 0.1) is 34.5 Å². The summed E-state index contributed by atoms with van der Waals surface area (Å²) in [6.07, 6.45) is -3.12. The van der Waals surface area contributed by atoms with Gasteiger partial charge >= 0.3 is 23.9 Å². The first-order chi connectivity index (χ1) is 19.9. The SMILES string of the molecule is C=C(C)[C@H]1[C@H]2OC(=O)[C@@H]1[C@]1(O)C[C@H]3OC34C(=O)O[C@H]2[C@@]41C.CC(C)(O)[C@H]1[C@H]2OC(=O)[C@@H]1[C@]1(O)C[C@H]3OC34C(=O)O[C@H]2[C@@]41C. The van der Waals surface area contributed by atoms with Gasteiger partial charge in [0.15, 0.2) is 12.2 Å². The van der Waals surface area contributed by atoms with E-state index >= 15 is 0 Å². The molecule has 2 unspecified atom stereocenters. The third kappa shape index (κ3) is 2.29. The van der Waals surface area contributed by atoms with Crippen molar-refractivity contribution in [2.45, 2.75) is 112 Å². The van der Waals surface area contributed by atoms with Gasteiger partial charge in [-0.05, 0) is 34.6 Å². The zero-order valence-corrected chi connectivity index (χ0v) is 24.3. The Morgan fingerprint density at radius 2 is 1.23 bits per heavy atom. The number of ether oxygens (including phenoxy) is 6. The summed E-state index contributed by atoms with van der Waals surface area (Å²) in [5, 5.41) is 33.3. The van der Waals surface area contributed by atoms with Gasteiger partial charge in [-0.2, -0.15) is 0 Å². The van der Waals surface area contributed by atoms with Crippen LogP contribution in [0.3, 0.4) is 0 Å². The zero-order chi connectivity index (χ0) is 30.8. The number of carbonyl (C=O) groups is 4. The molecule has 0 radical (unpaired) electrons. The monoisotopic (exact) mass is 602 g/mol. The second kappa shape index (κ2) is 6.81. The molecule has 43 heavy (non-hydrogen) atoms. The van der Waals surface area contributed by atoms with Gasteiger partial charge in [-0.3, -0.25) is 9.59 Å². The molecule has 0 amide bonds. The summed E-state index contributed by atoms with van der Waals surface area (Å²) in [5.41, 5.74) is -7.49. The van der Waals surface area contributed by atoms with Crippen molar-refractivity contribution >= 4 is 23.9 Å². The molecule has 13 nitrogen and oxygen atoms in total. The zero-order valence-electron chi connectivity index (χ0n) is 24.3. The number of hydrogen-bond donors (Lipinski definition) is 3. The maximum atomic E-state index is 12.4. The van der Waals surface area contributed by atoms with Crippen LogP contribution < -0.4 is 0 Å². The van der Waals surface area contributed by atoms with Gasteiger partial charge in [0.1, 0.15) is 24.4 Å². The van der Waals surface area contributed by atoms with Crippen molar-refractivity contribution < 1.29 is 62.9 Å². The highest BCUT2D eigenvalue weighted by molar-refractivity contribution is 5.92. The molecule has 10 fully saturated rings. The van der Waals surface area contributed by atoms with Crippen molar-refractivity contribution in [1.29, 1.82) is 0 Å². The largest absolute Gasteiger partial charge is 0.458 e. The van der Waals surface area contributed by atoms with Crippen LogP contribution in [-0.2, 0) is 47.6 Å². The van der Waals surface area contributed by atoms with Crippen LogP contribution in [0.2, 0.25) is 0 Å². The summed E-state index contributed by atoms with van der Waals surface area (Å²) in [6.45, 7) is 12.5. The predicted molar refractivity (Wildman–Crippen MR) is 135 cm³/mol. The molecule has 3 N–H and O–H groups in total. The summed E-state index contributed by atoms with van der Waals surface area (Å²) in [5.74, 6) is -4.37. The van der Waals surface area contributed by atoms with Gasteiger partial charge in [-0.15, -0.1) is 0 Å². The summed E-state index contributed by atoms with van der Waals surface area (Å²) in [6, 6.07) is 0. The molecular weight excluding hydrogens is 568 g/mol. The molecule has 0 aromatic rings. The van der Waals surface area contributed by atoms with Gasteiger partial charge in [-0.1, -0.05) is 12.2 Å². The number of carbonyl (C=O) groups excluding carboxylic acids is 4. The number of esters is 4. The van der Waals surface area contributed by atoms with E-state index < -0.39 is 111 Å². The lowest BCUT2D eigenvalue weighted by atomic mass is 9.52. The second-order valence-corrected chi connectivity index (χ2v) is 15.3. The van der Waals surface area contributed by atoms with Crippen LogP contribution in [0.5, 0.6) is 0 Å². The summed E-state index contributed by atoms with van der Waals surface area (Å²) >= 11 is 0. The molecule has 13 heteroatoms. The van der Waals surface area contributed by atoms with Crippen LogP contribution in [0.15, 0.2) is 12.2 Å². The van der Waals surface area contributed by atoms with E-state index in [4.69, 9.17) is 28.4 Å². The Labute approximate surface area is 245 Å². The van der Waals surface area contributed by atoms with Crippen LogP contribution in [0.1, 0.15) is 47.5 Å². The first kappa shape index (κ1) is 26.8. The Morgan fingerprint density at radius 1 is 0.791 bits per heavy atom. The van der Waals surface area contributed by atoms with E-state index in [0.717, 1.165) is 5.57 Å². The van der Waals surface area contributed by atoms with Crippen molar-refractivity contribution in [2.24, 2.45) is 34.5 Å². The number of epoxide rings is 2. The van der Waals surface area contributed by atoms with E-state index in [0.29, 0.717) is 0 Å². The molecule has 4 bridgehead atoms. The third-order valence-electron chi connectivity index (χ3n) is 13.4. The van der Waals surface area contributed by atoms with Crippen molar-refractivity contribution in [3.63, 3.8) is 0 Å². The van der Waals surface area contributed by atoms with Crippen molar-refractivity contribution in [2.75, 3.05) is 0 Å². The fraction of sp³-hybridized carbons (Fsp3) is 0.800. The van der Waals surface area contributed by atoms with Crippen LogP contribution in [0.25, 0.3) is 0 Å². The van der Waals surface area contributed by atoms with E-state index in [-0.39, 0.29) is 24.9 Å². The molecule has 4 aliphatic carbocycles. The Morgan fingerprint density at radius 3 is 1.72 bits per heavy atom. The molecule has 6 aliphatic heterocycles. The van der Waals surface area contributed by atoms with Gasteiger partial charge in [-0.25, -0.2) is 9.59 Å². The molecule has 0 aromatic heterocycles. The molecular formula is C30H34O13. The van der Waals surface area contributed by atoms with E-state index in [9.17, 15) is 34.5 Å². The van der Waals surface area contributed by atoms with Crippen LogP contribution >= 0.6 is 0 Å². The summed E-state index contributed by atoms with van der Waals surface area (Å²) in [4.78, 5) is 49.4. The molecule has 6 heterocycles. The van der Waals surface area contributed by atoms with Gasteiger partial charge < -0.3 is 43.7 Å². The topological polar surface area (TPSA) is 191 Å². The third-order valence-corrected chi connectivity index (χ3v) is 13.4. The minimum atomic E-state index is -1.47. The molecule has 232 valence electrons. The molecule has 16 atom stereocenters. The summed E-state index contributed by atoms with van der Waals surface area (Å²) < 4.78 is 33.2. The smallest absolute Gasteiger partial charge is 0.342 e. The molecule has 10 aliphatic rings. The van der Waals surface area contributed by atoms with E-state index in [1.165, 1.54) is 0 Å². The highest BCUT2D eigenvalue weighted by Gasteiger charge is 2.97. The lowest BCUT2D eigenvalue weighted by Crippen LogP contribution is -2.68. The predicted octanol–water partition coefficient (Wildman–Crippen LogP) is -0.929. The van der Waals surface area contributed by atoms with Crippen LogP contribution in [0.4, 0.5) is 0 Å². The average molecular weight is 603 g/mol. The quantitative estimate of drug-likeness (QED) is 0.152. The average Bonchev–Trinajstić information content (AvgIpc) is 3.58. The fourth-order valence-corrected chi connectivity index (χ4v) is 11.4. The van der Waals surface area contributed by atoms with E-state index in [2.05, 4.69) is 6.58 Å². The van der Waals surface area contributed by atoms with Gasteiger partial charge in [0.05, 0.1) is 39.5 Å². The van der Waals surface area contributed by atoms with Crippen molar-refractivity contribution in [3.05, 3.63) is 12.2 Å². The normalized spacial score (nSPS) is 61.3. The minimum Gasteiger partial charge on any atom is -0.458 e. The number of aliphatic hydroxyl groups is 3. The minimum absolute atomic E-state index is 0.189.